The molecule has 90 valence electrons. The van der Waals surface area contributed by atoms with Gasteiger partial charge in [0.15, 0.2) is 0 Å². The second-order valence-corrected chi connectivity index (χ2v) is 4.17. The maximum Gasteiger partial charge on any atom is 0.389 e. The van der Waals surface area contributed by atoms with Crippen LogP contribution in [0.15, 0.2) is 22.7 Å². The number of hydrogen-bond donors (Lipinski definition) is 1. The zero-order chi connectivity index (χ0) is 12.2. The highest BCUT2D eigenvalue weighted by Gasteiger charge is 2.26. The highest BCUT2D eigenvalue weighted by atomic mass is 79.9. The van der Waals surface area contributed by atoms with E-state index in [1.165, 1.54) is 0 Å². The minimum Gasteiger partial charge on any atom is -0.491 e. The molecule has 0 fully saturated rings. The van der Waals surface area contributed by atoms with E-state index in [9.17, 15) is 13.2 Å². The Balaban J connectivity index is 2.38. The van der Waals surface area contributed by atoms with E-state index in [1.807, 2.05) is 0 Å². The van der Waals surface area contributed by atoms with Gasteiger partial charge in [-0.15, -0.1) is 0 Å². The second-order valence-electron chi connectivity index (χ2n) is 3.25. The molecule has 0 bridgehead atoms. The molecule has 0 amide bonds. The lowest BCUT2D eigenvalue weighted by Crippen LogP contribution is -2.10. The lowest BCUT2D eigenvalue weighted by Gasteiger charge is -2.10. The first kappa shape index (κ1) is 13.2. The predicted molar refractivity (Wildman–Crippen MR) is 59.3 cm³/mol. The second kappa shape index (κ2) is 5.43. The van der Waals surface area contributed by atoms with Crippen LogP contribution in [0.5, 0.6) is 5.75 Å². The van der Waals surface area contributed by atoms with Crippen LogP contribution in [0.1, 0.15) is 12.8 Å². The van der Waals surface area contributed by atoms with E-state index in [4.69, 9.17) is 10.5 Å². The van der Waals surface area contributed by atoms with E-state index >= 15 is 0 Å². The number of benzene rings is 1. The molecule has 0 aliphatic rings. The molecule has 2 N–H and O–H groups in total. The molecule has 1 rings (SSSR count). The first-order valence-electron chi connectivity index (χ1n) is 4.63. The van der Waals surface area contributed by atoms with E-state index in [0.717, 1.165) is 4.47 Å². The third-order valence-corrected chi connectivity index (χ3v) is 2.33. The lowest BCUT2D eigenvalue weighted by molar-refractivity contribution is -0.136. The van der Waals surface area contributed by atoms with Gasteiger partial charge in [0, 0.05) is 10.9 Å². The van der Waals surface area contributed by atoms with E-state index < -0.39 is 12.6 Å². The highest BCUT2D eigenvalue weighted by molar-refractivity contribution is 9.10. The number of nitrogens with two attached hydrogens (primary N) is 1. The topological polar surface area (TPSA) is 35.2 Å². The van der Waals surface area contributed by atoms with Gasteiger partial charge in [0.2, 0.25) is 0 Å². The summed E-state index contributed by atoms with van der Waals surface area (Å²) in [6, 6.07) is 4.97. The number of anilines is 1. The molecule has 0 aliphatic heterocycles. The number of alkyl halides is 3. The van der Waals surface area contributed by atoms with Crippen LogP contribution >= 0.6 is 15.9 Å². The molecule has 6 heteroatoms. The first-order chi connectivity index (χ1) is 7.38. The number of hydrogen-bond acceptors (Lipinski definition) is 2. The van der Waals surface area contributed by atoms with Crippen LogP contribution in [0, 0.1) is 0 Å². The predicted octanol–water partition coefficient (Wildman–Crippen LogP) is 3.75. The summed E-state index contributed by atoms with van der Waals surface area (Å²) in [5.41, 5.74) is 6.02. The Labute approximate surface area is 99.7 Å². The van der Waals surface area contributed by atoms with Gasteiger partial charge in [-0.25, -0.2) is 0 Å². The fourth-order valence-corrected chi connectivity index (χ4v) is 1.48. The van der Waals surface area contributed by atoms with Gasteiger partial charge in [-0.2, -0.15) is 13.2 Å². The third-order valence-electron chi connectivity index (χ3n) is 1.83. The molecule has 0 heterocycles. The molecule has 0 spiro atoms. The summed E-state index contributed by atoms with van der Waals surface area (Å²) >= 11 is 3.22. The molecule has 0 saturated heterocycles. The van der Waals surface area contributed by atoms with E-state index in [0.29, 0.717) is 11.4 Å². The Morgan fingerprint density at radius 3 is 2.56 bits per heavy atom. The van der Waals surface area contributed by atoms with Crippen molar-refractivity contribution in [3.05, 3.63) is 22.7 Å². The van der Waals surface area contributed by atoms with E-state index in [2.05, 4.69) is 15.9 Å². The number of nitrogen functional groups attached to an aromatic ring is 1. The van der Waals surface area contributed by atoms with Gasteiger partial charge >= 0.3 is 6.18 Å². The van der Waals surface area contributed by atoms with Crippen molar-refractivity contribution in [3.63, 3.8) is 0 Å². The van der Waals surface area contributed by atoms with Crippen LogP contribution in [-0.4, -0.2) is 12.8 Å². The van der Waals surface area contributed by atoms with Crippen molar-refractivity contribution in [1.82, 2.24) is 0 Å². The van der Waals surface area contributed by atoms with Crippen LogP contribution in [-0.2, 0) is 0 Å². The Morgan fingerprint density at radius 1 is 1.31 bits per heavy atom. The Hall–Kier alpha value is -0.910. The molecule has 1 aromatic rings. The van der Waals surface area contributed by atoms with Crippen molar-refractivity contribution in [2.45, 2.75) is 19.0 Å². The average molecular weight is 298 g/mol. The van der Waals surface area contributed by atoms with Gasteiger partial charge in [-0.1, -0.05) is 15.9 Å². The van der Waals surface area contributed by atoms with Crippen LogP contribution in [0.3, 0.4) is 0 Å². The van der Waals surface area contributed by atoms with Crippen LogP contribution in [0.2, 0.25) is 0 Å². The molecule has 0 unspecified atom stereocenters. The van der Waals surface area contributed by atoms with Gasteiger partial charge in [0.1, 0.15) is 5.75 Å². The molecule has 1 aromatic carbocycles. The van der Waals surface area contributed by atoms with Crippen molar-refractivity contribution in [2.75, 3.05) is 12.3 Å². The Morgan fingerprint density at radius 2 is 2.00 bits per heavy atom. The molecular formula is C10H11BrF3NO. The smallest absolute Gasteiger partial charge is 0.389 e. The normalized spacial score (nSPS) is 11.5. The summed E-state index contributed by atoms with van der Waals surface area (Å²) < 4.78 is 41.4. The van der Waals surface area contributed by atoms with Gasteiger partial charge in [0.25, 0.3) is 0 Å². The van der Waals surface area contributed by atoms with Gasteiger partial charge < -0.3 is 10.5 Å². The molecule has 0 aromatic heterocycles. The number of ether oxygens (including phenoxy) is 1. The summed E-state index contributed by atoms with van der Waals surface area (Å²) in [6.07, 6.45) is -5.04. The van der Waals surface area contributed by atoms with Crippen LogP contribution in [0.4, 0.5) is 18.9 Å². The fourth-order valence-electron chi connectivity index (χ4n) is 1.11. The van der Waals surface area contributed by atoms with Crippen LogP contribution in [0.25, 0.3) is 0 Å². The lowest BCUT2D eigenvalue weighted by atomic mass is 10.3. The largest absolute Gasteiger partial charge is 0.491 e. The van der Waals surface area contributed by atoms with Crippen molar-refractivity contribution >= 4 is 21.6 Å². The number of halogens is 4. The third kappa shape index (κ3) is 4.74. The quantitative estimate of drug-likeness (QED) is 0.678. The van der Waals surface area contributed by atoms with E-state index in [1.54, 1.807) is 18.2 Å². The summed E-state index contributed by atoms with van der Waals surface area (Å²) in [6.45, 7) is 0.00530. The highest BCUT2D eigenvalue weighted by Crippen LogP contribution is 2.26. The van der Waals surface area contributed by atoms with Gasteiger partial charge in [0.05, 0.1) is 12.3 Å². The fraction of sp³-hybridized carbons (Fsp3) is 0.400. The van der Waals surface area contributed by atoms with E-state index in [-0.39, 0.29) is 13.0 Å². The molecule has 0 aliphatic carbocycles. The van der Waals surface area contributed by atoms with Gasteiger partial charge in [-0.05, 0) is 24.6 Å². The van der Waals surface area contributed by atoms with Crippen molar-refractivity contribution in [2.24, 2.45) is 0 Å². The summed E-state index contributed by atoms with van der Waals surface area (Å²) in [4.78, 5) is 0. The number of rotatable bonds is 4. The zero-order valence-electron chi connectivity index (χ0n) is 8.35. The molecule has 0 saturated carbocycles. The average Bonchev–Trinajstić information content (AvgIpc) is 2.13. The summed E-state index contributed by atoms with van der Waals surface area (Å²) in [5.74, 6) is 0.408. The Bertz CT molecular complexity index is 354. The van der Waals surface area contributed by atoms with Crippen molar-refractivity contribution < 1.29 is 17.9 Å². The summed E-state index contributed by atoms with van der Waals surface area (Å²) in [7, 11) is 0. The first-order valence-corrected chi connectivity index (χ1v) is 5.42. The monoisotopic (exact) mass is 297 g/mol. The maximum atomic E-state index is 11.8. The standard InChI is InChI=1S/C10H11BrF3NO/c11-7-2-3-9(8(15)6-7)16-5-1-4-10(12,13)14/h2-3,6H,1,4-5,15H2. The molecular weight excluding hydrogens is 287 g/mol. The van der Waals surface area contributed by atoms with Gasteiger partial charge in [-0.3, -0.25) is 0 Å². The molecule has 16 heavy (non-hydrogen) atoms. The zero-order valence-corrected chi connectivity index (χ0v) is 9.94. The van der Waals surface area contributed by atoms with Crippen molar-refractivity contribution in [1.29, 1.82) is 0 Å². The minimum absolute atomic E-state index is 0.00530. The molecule has 0 radical (unpaired) electrons. The Kier molecular flexibility index (Phi) is 4.46. The SMILES string of the molecule is Nc1cc(Br)ccc1OCCCC(F)(F)F. The minimum atomic E-state index is -4.13. The maximum absolute atomic E-state index is 11.8. The molecule has 0 atom stereocenters. The summed E-state index contributed by atoms with van der Waals surface area (Å²) in [5, 5.41) is 0. The molecule has 2 nitrogen and oxygen atoms in total. The van der Waals surface area contributed by atoms with Crippen molar-refractivity contribution in [3.8, 4) is 5.75 Å². The van der Waals surface area contributed by atoms with Crippen LogP contribution < -0.4 is 10.5 Å².